The number of ether oxygens (including phenoxy) is 2. The SMILES string of the molecule is CCCN(C(=O)[C@H](NC(=O)OC)c1ccccc1)[C@@H](C)c1nc(-c2ccc(-c3ccc(-c4cnc([C@@H]5Cc6cccc7c6N5C(=O)[C@@H](NC(=O)OC)CC7)[nH]4)cc3)cc2)n[nH]1. The third kappa shape index (κ3) is 8.18. The van der Waals surface area contributed by atoms with Crippen molar-refractivity contribution in [2.45, 2.75) is 63.7 Å². The molecule has 0 radical (unpaired) electrons. The molecular formula is C46H47N9O6. The Balaban J connectivity index is 0.956. The molecule has 2 aliphatic rings. The summed E-state index contributed by atoms with van der Waals surface area (Å²) >= 11 is 0. The summed E-state index contributed by atoms with van der Waals surface area (Å²) in [5.41, 5.74) is 8.29. The number of aromatic amines is 2. The summed E-state index contributed by atoms with van der Waals surface area (Å²) in [6.45, 7) is 4.31. The number of carbonyl (C=O) groups excluding carboxylic acids is 4. The molecule has 2 aliphatic heterocycles. The second-order valence-corrected chi connectivity index (χ2v) is 15.1. The van der Waals surface area contributed by atoms with Crippen LogP contribution in [0.4, 0.5) is 15.3 Å². The highest BCUT2D eigenvalue weighted by atomic mass is 16.5. The first-order chi connectivity index (χ1) is 29.7. The summed E-state index contributed by atoms with van der Waals surface area (Å²) in [6.07, 6.45) is 2.89. The van der Waals surface area contributed by atoms with Crippen LogP contribution in [-0.2, 0) is 31.9 Å². The quantitative estimate of drug-likeness (QED) is 0.0988. The van der Waals surface area contributed by atoms with Gasteiger partial charge in [-0.2, -0.15) is 5.10 Å². The van der Waals surface area contributed by atoms with Crippen molar-refractivity contribution in [1.82, 2.24) is 40.7 Å². The van der Waals surface area contributed by atoms with Gasteiger partial charge in [-0.3, -0.25) is 19.6 Å². The molecule has 15 heteroatoms. The Hall–Kier alpha value is -7.29. The summed E-state index contributed by atoms with van der Waals surface area (Å²) in [4.78, 5) is 68.8. The first-order valence-electron chi connectivity index (χ1n) is 20.3. The van der Waals surface area contributed by atoms with Crippen molar-refractivity contribution >= 4 is 29.7 Å². The van der Waals surface area contributed by atoms with Crippen molar-refractivity contribution in [3.8, 4) is 33.8 Å². The molecule has 0 spiro atoms. The number of para-hydroxylation sites is 1. The van der Waals surface area contributed by atoms with Crippen LogP contribution in [0.3, 0.4) is 0 Å². The van der Waals surface area contributed by atoms with Crippen LogP contribution in [0.25, 0.3) is 33.8 Å². The normalized spacial score (nSPS) is 16.5. The molecule has 0 saturated heterocycles. The number of H-pyrrole nitrogens is 2. The Morgan fingerprint density at radius 3 is 2.23 bits per heavy atom. The van der Waals surface area contributed by atoms with Gasteiger partial charge in [-0.25, -0.2) is 19.6 Å². The first kappa shape index (κ1) is 40.5. The van der Waals surface area contributed by atoms with Crippen molar-refractivity contribution in [3.63, 3.8) is 0 Å². The summed E-state index contributed by atoms with van der Waals surface area (Å²) in [5, 5.41) is 12.9. The lowest BCUT2D eigenvalue weighted by molar-refractivity contribution is -0.136. The van der Waals surface area contributed by atoms with Gasteiger partial charge in [0, 0.05) is 18.5 Å². The van der Waals surface area contributed by atoms with Gasteiger partial charge in [0.15, 0.2) is 5.82 Å². The number of aryl methyl sites for hydroxylation is 1. The fraction of sp³-hybridized carbons (Fsp3) is 0.283. The topological polar surface area (TPSA) is 188 Å². The van der Waals surface area contributed by atoms with Gasteiger partial charge < -0.3 is 30.0 Å². The summed E-state index contributed by atoms with van der Waals surface area (Å²) in [6, 6.07) is 28.8. The molecule has 4 aromatic carbocycles. The Labute approximate surface area is 352 Å². The van der Waals surface area contributed by atoms with Crippen LogP contribution in [0.2, 0.25) is 0 Å². The lowest BCUT2D eigenvalue weighted by Gasteiger charge is -2.31. The Morgan fingerprint density at radius 2 is 1.54 bits per heavy atom. The van der Waals surface area contributed by atoms with Crippen molar-refractivity contribution < 1.29 is 28.7 Å². The van der Waals surface area contributed by atoms with E-state index in [2.05, 4.69) is 25.8 Å². The maximum absolute atomic E-state index is 14.0. The number of rotatable bonds is 12. The molecule has 61 heavy (non-hydrogen) atoms. The minimum atomic E-state index is -0.943. The molecule has 0 aliphatic carbocycles. The molecule has 0 fully saturated rings. The predicted octanol–water partition coefficient (Wildman–Crippen LogP) is 7.23. The molecule has 4 heterocycles. The largest absolute Gasteiger partial charge is 0.453 e. The number of carbonyl (C=O) groups is 4. The zero-order chi connectivity index (χ0) is 42.6. The molecule has 0 bridgehead atoms. The molecule has 0 saturated carbocycles. The fourth-order valence-electron chi connectivity index (χ4n) is 8.24. The molecule has 2 aromatic heterocycles. The highest BCUT2D eigenvalue weighted by Crippen LogP contribution is 2.44. The van der Waals surface area contributed by atoms with Crippen LogP contribution in [0.5, 0.6) is 0 Å². The zero-order valence-electron chi connectivity index (χ0n) is 34.3. The van der Waals surface area contributed by atoms with Crippen molar-refractivity contribution in [1.29, 1.82) is 0 Å². The standard InChI is InChI=1S/C46H47N9O6/c1-5-24-54(44(57)38(50-46(59)61-4)31-10-7-6-8-11-31)27(2)40-51-41(53-52-40)33-20-16-29(17-21-33)28-14-18-30(19-15-28)36-26-47-42(48-36)37-25-34-13-9-12-32-22-23-35(49-45(58)60-3)43(56)55(37)39(32)34/h6-21,26-27,35,37-38H,5,22-25H2,1-4H3,(H,47,48)(H,49,58)(H,50,59)(H,51,52,53)/t27-,35-,37-,38+/m0/s1. The van der Waals surface area contributed by atoms with Gasteiger partial charge in [-0.05, 0) is 59.6 Å². The van der Waals surface area contributed by atoms with E-state index in [4.69, 9.17) is 19.4 Å². The van der Waals surface area contributed by atoms with E-state index in [1.807, 2.05) is 98.8 Å². The average Bonchev–Trinajstić information content (AvgIpc) is 4.07. The third-order valence-electron chi connectivity index (χ3n) is 11.4. The summed E-state index contributed by atoms with van der Waals surface area (Å²) in [7, 11) is 2.56. The number of aromatic nitrogens is 5. The van der Waals surface area contributed by atoms with E-state index in [9.17, 15) is 19.2 Å². The maximum atomic E-state index is 14.0. The second-order valence-electron chi connectivity index (χ2n) is 15.1. The van der Waals surface area contributed by atoms with Gasteiger partial charge in [-0.1, -0.05) is 104 Å². The molecule has 4 atom stereocenters. The molecular weight excluding hydrogens is 775 g/mol. The van der Waals surface area contributed by atoms with Crippen molar-refractivity contribution in [2.75, 3.05) is 25.7 Å². The summed E-state index contributed by atoms with van der Waals surface area (Å²) < 4.78 is 9.64. The number of amides is 4. The van der Waals surface area contributed by atoms with E-state index in [0.29, 0.717) is 55.3 Å². The van der Waals surface area contributed by atoms with E-state index in [1.165, 1.54) is 14.2 Å². The lowest BCUT2D eigenvalue weighted by Crippen LogP contribution is -2.48. The molecule has 4 N–H and O–H groups in total. The molecule has 15 nitrogen and oxygen atoms in total. The molecule has 0 unspecified atom stereocenters. The molecule has 4 amide bonds. The number of hydrogen-bond donors (Lipinski definition) is 4. The van der Waals surface area contributed by atoms with Crippen molar-refractivity contribution in [3.05, 3.63) is 132 Å². The minimum Gasteiger partial charge on any atom is -0.453 e. The highest BCUT2D eigenvalue weighted by Gasteiger charge is 2.43. The van der Waals surface area contributed by atoms with E-state index >= 15 is 0 Å². The van der Waals surface area contributed by atoms with Crippen LogP contribution in [-0.4, -0.2) is 80.9 Å². The number of hydrogen-bond acceptors (Lipinski definition) is 9. The monoisotopic (exact) mass is 821 g/mol. The van der Waals surface area contributed by atoms with E-state index in [0.717, 1.165) is 44.8 Å². The van der Waals surface area contributed by atoms with Gasteiger partial charge in [0.2, 0.25) is 5.91 Å². The van der Waals surface area contributed by atoms with Gasteiger partial charge in [0.25, 0.3) is 5.91 Å². The van der Waals surface area contributed by atoms with Gasteiger partial charge in [0.05, 0.1) is 43.9 Å². The minimum absolute atomic E-state index is 0.181. The Bertz CT molecular complexity index is 2540. The van der Waals surface area contributed by atoms with Crippen LogP contribution in [0, 0.1) is 0 Å². The van der Waals surface area contributed by atoms with Gasteiger partial charge in [0.1, 0.15) is 23.7 Å². The summed E-state index contributed by atoms with van der Waals surface area (Å²) in [5.74, 6) is 1.21. The smallest absolute Gasteiger partial charge is 0.407 e. The maximum Gasteiger partial charge on any atom is 0.407 e. The average molecular weight is 822 g/mol. The number of alkyl carbamates (subject to hydrolysis) is 2. The fourth-order valence-corrected chi connectivity index (χ4v) is 8.24. The number of nitrogens with one attached hydrogen (secondary N) is 4. The molecule has 312 valence electrons. The van der Waals surface area contributed by atoms with Gasteiger partial charge in [-0.15, -0.1) is 0 Å². The van der Waals surface area contributed by atoms with E-state index in [1.54, 1.807) is 28.1 Å². The predicted molar refractivity (Wildman–Crippen MR) is 228 cm³/mol. The van der Waals surface area contributed by atoms with E-state index in [-0.39, 0.29) is 17.9 Å². The number of benzene rings is 4. The zero-order valence-corrected chi connectivity index (χ0v) is 34.3. The Kier molecular flexibility index (Phi) is 11.6. The number of nitrogens with zero attached hydrogens (tertiary/aromatic N) is 5. The number of anilines is 1. The van der Waals surface area contributed by atoms with Crippen LogP contribution in [0.1, 0.15) is 73.2 Å². The third-order valence-corrected chi connectivity index (χ3v) is 11.4. The lowest BCUT2D eigenvalue weighted by atomic mass is 10.0. The van der Waals surface area contributed by atoms with Gasteiger partial charge >= 0.3 is 12.2 Å². The molecule has 6 aromatic rings. The first-order valence-corrected chi connectivity index (χ1v) is 20.3. The molecule has 8 rings (SSSR count). The Morgan fingerprint density at radius 1 is 0.869 bits per heavy atom. The number of imidazole rings is 1. The van der Waals surface area contributed by atoms with Crippen molar-refractivity contribution in [2.24, 2.45) is 0 Å². The highest BCUT2D eigenvalue weighted by molar-refractivity contribution is 6.02. The van der Waals surface area contributed by atoms with E-state index < -0.39 is 30.3 Å². The second kappa shape index (κ2) is 17.5. The van der Waals surface area contributed by atoms with Crippen LogP contribution in [0.15, 0.2) is 103 Å². The number of methoxy groups -OCH3 is 2. The van der Waals surface area contributed by atoms with Crippen LogP contribution < -0.4 is 15.5 Å². The van der Waals surface area contributed by atoms with Crippen LogP contribution >= 0.6 is 0 Å².